The van der Waals surface area contributed by atoms with Crippen molar-refractivity contribution in [3.05, 3.63) is 113 Å². The predicted molar refractivity (Wildman–Crippen MR) is 154 cm³/mol. The molecule has 8 heteroatoms. The van der Waals surface area contributed by atoms with E-state index in [0.717, 1.165) is 42.7 Å². The van der Waals surface area contributed by atoms with Crippen LogP contribution >= 0.6 is 34.7 Å². The highest BCUT2D eigenvalue weighted by Gasteiger charge is 2.24. The van der Waals surface area contributed by atoms with Gasteiger partial charge in [-0.05, 0) is 60.0 Å². The lowest BCUT2D eigenvalue weighted by Gasteiger charge is -2.11. The summed E-state index contributed by atoms with van der Waals surface area (Å²) < 4.78 is 0.906. The van der Waals surface area contributed by atoms with Crippen molar-refractivity contribution in [1.29, 1.82) is 0 Å². The molecular weight excluding hydrogens is 520 g/mol. The number of aromatic hydroxyl groups is 1. The number of thiophene rings is 1. The lowest BCUT2D eigenvalue weighted by atomic mass is 10.0. The Balaban J connectivity index is 1.61. The monoisotopic (exact) mass is 540 g/mol. The zero-order valence-electron chi connectivity index (χ0n) is 19.8. The van der Waals surface area contributed by atoms with Crippen LogP contribution in [0.2, 0.25) is 5.02 Å². The van der Waals surface area contributed by atoms with Crippen molar-refractivity contribution in [3.63, 3.8) is 0 Å². The number of nitrogens with zero attached hydrogens (tertiary/aromatic N) is 3. The molecule has 0 bridgehead atoms. The lowest BCUT2D eigenvalue weighted by molar-refractivity contribution is 0.475. The first-order valence-electron chi connectivity index (χ1n) is 11.4. The van der Waals surface area contributed by atoms with Gasteiger partial charge in [-0.2, -0.15) is 0 Å². The first-order valence-corrected chi connectivity index (χ1v) is 13.6. The van der Waals surface area contributed by atoms with Gasteiger partial charge in [0, 0.05) is 28.2 Å². The Morgan fingerprint density at radius 3 is 2.57 bits per heavy atom. The molecule has 2 heterocycles. The number of anilines is 2. The standard InChI is InChI=1S/C29H21ClN4OS2/c1-18-16-32-29(33-22-9-4-3-5-10-22)34-25(18)27-24(20-7-6-8-21(30)15-20)26(31-2)28(37-27)36-17-19-11-13-23(35)14-12-19/h3-16,35H,17H2,1H3,(H,32,33,34). The molecule has 0 fully saturated rings. The molecular formula is C29H21ClN4OS2. The van der Waals surface area contributed by atoms with E-state index in [-0.39, 0.29) is 5.75 Å². The number of aryl methyl sites for hydroxylation is 1. The molecule has 0 aliphatic carbocycles. The summed E-state index contributed by atoms with van der Waals surface area (Å²) in [6, 6.07) is 24.5. The van der Waals surface area contributed by atoms with Gasteiger partial charge >= 0.3 is 0 Å². The highest BCUT2D eigenvalue weighted by Crippen LogP contribution is 2.52. The molecule has 5 rings (SSSR count). The molecule has 0 unspecified atom stereocenters. The van der Waals surface area contributed by atoms with Crippen molar-refractivity contribution in [2.75, 3.05) is 5.32 Å². The first-order chi connectivity index (χ1) is 18.0. The maximum absolute atomic E-state index is 9.61. The van der Waals surface area contributed by atoms with Gasteiger partial charge in [0.25, 0.3) is 0 Å². The van der Waals surface area contributed by atoms with Crippen molar-refractivity contribution in [2.45, 2.75) is 16.9 Å². The number of phenolic OH excluding ortho intramolecular Hbond substituents is 1. The Morgan fingerprint density at radius 2 is 1.84 bits per heavy atom. The zero-order chi connectivity index (χ0) is 25.8. The Bertz CT molecular complexity index is 1600. The Morgan fingerprint density at radius 1 is 1.05 bits per heavy atom. The van der Waals surface area contributed by atoms with Gasteiger partial charge in [-0.15, -0.1) is 23.1 Å². The third kappa shape index (κ3) is 5.62. The van der Waals surface area contributed by atoms with Crippen LogP contribution in [0.1, 0.15) is 11.1 Å². The average molecular weight is 541 g/mol. The van der Waals surface area contributed by atoms with Gasteiger partial charge in [0.2, 0.25) is 11.6 Å². The summed E-state index contributed by atoms with van der Waals surface area (Å²) >= 11 is 9.52. The number of hydrogen-bond acceptors (Lipinski definition) is 6. The van der Waals surface area contributed by atoms with Gasteiger partial charge in [0.05, 0.1) is 21.4 Å². The number of thioether (sulfide) groups is 1. The van der Waals surface area contributed by atoms with E-state index in [1.54, 1.807) is 41.4 Å². The summed E-state index contributed by atoms with van der Waals surface area (Å²) in [6.45, 7) is 10.0. The Hall–Kier alpha value is -3.83. The third-order valence-electron chi connectivity index (χ3n) is 5.60. The van der Waals surface area contributed by atoms with E-state index < -0.39 is 0 Å². The molecule has 0 amide bonds. The van der Waals surface area contributed by atoms with E-state index in [4.69, 9.17) is 23.2 Å². The number of aromatic nitrogens is 2. The van der Waals surface area contributed by atoms with Gasteiger partial charge in [0.1, 0.15) is 5.75 Å². The van der Waals surface area contributed by atoms with Crippen LogP contribution in [0.3, 0.4) is 0 Å². The molecule has 5 aromatic rings. The van der Waals surface area contributed by atoms with E-state index in [9.17, 15) is 5.11 Å². The van der Waals surface area contributed by atoms with Crippen LogP contribution in [0.4, 0.5) is 17.3 Å². The minimum atomic E-state index is 0.233. The van der Waals surface area contributed by atoms with Crippen molar-refractivity contribution in [1.82, 2.24) is 9.97 Å². The second kappa shape index (κ2) is 11.1. The number of para-hydroxylation sites is 1. The second-order valence-electron chi connectivity index (χ2n) is 8.24. The first kappa shape index (κ1) is 24.8. The van der Waals surface area contributed by atoms with Crippen LogP contribution in [0.15, 0.2) is 89.3 Å². The molecule has 0 saturated carbocycles. The molecule has 0 saturated heterocycles. The predicted octanol–water partition coefficient (Wildman–Crippen LogP) is 9.13. The summed E-state index contributed by atoms with van der Waals surface area (Å²) in [7, 11) is 0. The van der Waals surface area contributed by atoms with Crippen molar-refractivity contribution >= 4 is 52.0 Å². The van der Waals surface area contributed by atoms with Crippen LogP contribution < -0.4 is 5.32 Å². The minimum absolute atomic E-state index is 0.233. The normalized spacial score (nSPS) is 10.7. The topological polar surface area (TPSA) is 62.4 Å². The van der Waals surface area contributed by atoms with Gasteiger partial charge in [0.15, 0.2) is 0 Å². The van der Waals surface area contributed by atoms with E-state index >= 15 is 0 Å². The van der Waals surface area contributed by atoms with Crippen LogP contribution in [-0.4, -0.2) is 15.1 Å². The van der Waals surface area contributed by atoms with Gasteiger partial charge in [-0.25, -0.2) is 14.8 Å². The maximum atomic E-state index is 9.61. The largest absolute Gasteiger partial charge is 0.508 e. The number of halogens is 1. The minimum Gasteiger partial charge on any atom is -0.508 e. The average Bonchev–Trinajstić information content (AvgIpc) is 3.28. The van der Waals surface area contributed by atoms with Crippen LogP contribution in [0.5, 0.6) is 5.75 Å². The highest BCUT2D eigenvalue weighted by atomic mass is 35.5. The fourth-order valence-corrected chi connectivity index (χ4v) is 6.48. The van der Waals surface area contributed by atoms with E-state index in [0.29, 0.717) is 22.4 Å². The summed E-state index contributed by atoms with van der Waals surface area (Å²) in [5.41, 5.74) is 5.92. The van der Waals surface area contributed by atoms with Crippen molar-refractivity contribution < 1.29 is 5.11 Å². The van der Waals surface area contributed by atoms with Crippen molar-refractivity contribution in [3.8, 4) is 27.4 Å². The molecule has 2 aromatic heterocycles. The number of hydrogen-bond donors (Lipinski definition) is 2. The third-order valence-corrected chi connectivity index (χ3v) is 8.35. The fraction of sp³-hybridized carbons (Fsp3) is 0.0690. The molecule has 0 aliphatic heterocycles. The number of nitrogens with one attached hydrogen (secondary N) is 1. The molecule has 0 spiro atoms. The van der Waals surface area contributed by atoms with E-state index in [1.807, 2.05) is 73.7 Å². The van der Waals surface area contributed by atoms with Gasteiger partial charge < -0.3 is 10.4 Å². The molecule has 182 valence electrons. The Kier molecular flexibility index (Phi) is 7.42. The van der Waals surface area contributed by atoms with Gasteiger partial charge in [-0.1, -0.05) is 54.1 Å². The van der Waals surface area contributed by atoms with Crippen LogP contribution in [-0.2, 0) is 5.75 Å². The quantitative estimate of drug-likeness (QED) is 0.159. The number of benzene rings is 3. The molecule has 0 radical (unpaired) electrons. The van der Waals surface area contributed by atoms with E-state index in [2.05, 4.69) is 15.1 Å². The summed E-state index contributed by atoms with van der Waals surface area (Å²) in [4.78, 5) is 14.2. The molecule has 0 aliphatic rings. The van der Waals surface area contributed by atoms with Gasteiger partial charge in [-0.3, -0.25) is 0 Å². The van der Waals surface area contributed by atoms with Crippen LogP contribution in [0, 0.1) is 13.5 Å². The SMILES string of the molecule is [C-]#[N+]c1c(SCc2ccc(O)cc2)sc(-c2nc(Nc3ccccc3)ncc2C)c1-c1cccc(Cl)c1. The summed E-state index contributed by atoms with van der Waals surface area (Å²) in [5.74, 6) is 1.39. The Labute approximate surface area is 228 Å². The smallest absolute Gasteiger partial charge is 0.227 e. The zero-order valence-corrected chi connectivity index (χ0v) is 22.2. The lowest BCUT2D eigenvalue weighted by Crippen LogP contribution is -1.99. The fourth-order valence-electron chi connectivity index (χ4n) is 3.80. The molecule has 3 aromatic carbocycles. The summed E-state index contributed by atoms with van der Waals surface area (Å²) in [6.07, 6.45) is 1.80. The molecule has 37 heavy (non-hydrogen) atoms. The van der Waals surface area contributed by atoms with Crippen LogP contribution in [0.25, 0.3) is 26.5 Å². The number of phenols is 1. The molecule has 5 nitrogen and oxygen atoms in total. The number of rotatable bonds is 7. The summed E-state index contributed by atoms with van der Waals surface area (Å²) in [5, 5.41) is 13.5. The maximum Gasteiger partial charge on any atom is 0.227 e. The van der Waals surface area contributed by atoms with Crippen molar-refractivity contribution in [2.24, 2.45) is 0 Å². The molecule has 0 atom stereocenters. The van der Waals surface area contributed by atoms with E-state index in [1.165, 1.54) is 0 Å². The second-order valence-corrected chi connectivity index (χ2v) is 10.9. The highest BCUT2D eigenvalue weighted by molar-refractivity contribution is 8.00. The molecule has 2 N–H and O–H groups in total.